The molecule has 0 saturated carbocycles. The van der Waals surface area contributed by atoms with Crippen molar-refractivity contribution in [2.24, 2.45) is 0 Å². The van der Waals surface area contributed by atoms with Crippen molar-refractivity contribution in [2.45, 2.75) is 20.4 Å². The molecule has 158 valence electrons. The average molecular weight is 421 g/mol. The first-order valence-electron chi connectivity index (χ1n) is 10.7. The van der Waals surface area contributed by atoms with E-state index in [-0.39, 0.29) is 5.91 Å². The molecule has 0 spiro atoms. The van der Waals surface area contributed by atoms with Crippen LogP contribution in [0, 0.1) is 13.8 Å². The first-order chi connectivity index (χ1) is 15.6. The van der Waals surface area contributed by atoms with Gasteiger partial charge in [-0.05, 0) is 37.6 Å². The standard InChI is InChI=1S/C27H24N4O/c1-19-26(20(2)31(29-19)22-13-7-4-8-14-22)28-27(32)24-18-30(17-21-11-5-3-6-12-21)25-16-10-9-15-23(24)25/h3-16,18H,17H2,1-2H3,(H,28,32). The van der Waals surface area contributed by atoms with E-state index in [1.165, 1.54) is 5.56 Å². The summed E-state index contributed by atoms with van der Waals surface area (Å²) in [6.07, 6.45) is 1.94. The van der Waals surface area contributed by atoms with Gasteiger partial charge in [-0.3, -0.25) is 4.79 Å². The van der Waals surface area contributed by atoms with Crippen LogP contribution in [0.4, 0.5) is 5.69 Å². The first kappa shape index (κ1) is 19.8. The summed E-state index contributed by atoms with van der Waals surface area (Å²) in [6.45, 7) is 4.60. The van der Waals surface area contributed by atoms with Gasteiger partial charge < -0.3 is 9.88 Å². The molecule has 5 aromatic rings. The highest BCUT2D eigenvalue weighted by atomic mass is 16.1. The molecular weight excluding hydrogens is 396 g/mol. The average Bonchev–Trinajstić information content (AvgIpc) is 3.33. The fourth-order valence-corrected chi connectivity index (χ4v) is 4.16. The van der Waals surface area contributed by atoms with Crippen LogP contribution in [0.2, 0.25) is 0 Å². The van der Waals surface area contributed by atoms with Crippen molar-refractivity contribution in [3.8, 4) is 5.69 Å². The van der Waals surface area contributed by atoms with Crippen LogP contribution in [-0.2, 0) is 6.54 Å². The lowest BCUT2D eigenvalue weighted by atomic mass is 10.1. The Morgan fingerprint density at radius 1 is 0.875 bits per heavy atom. The van der Waals surface area contributed by atoms with Crippen molar-refractivity contribution in [3.63, 3.8) is 0 Å². The van der Waals surface area contributed by atoms with Crippen molar-refractivity contribution in [1.29, 1.82) is 0 Å². The van der Waals surface area contributed by atoms with Gasteiger partial charge in [0.1, 0.15) is 0 Å². The summed E-state index contributed by atoms with van der Waals surface area (Å²) in [7, 11) is 0. The van der Waals surface area contributed by atoms with Gasteiger partial charge in [-0.1, -0.05) is 66.7 Å². The third kappa shape index (κ3) is 3.58. The Labute approximate surface area is 186 Å². The molecule has 0 aliphatic rings. The number of hydrogen-bond donors (Lipinski definition) is 1. The van der Waals surface area contributed by atoms with Gasteiger partial charge in [0.25, 0.3) is 5.91 Å². The van der Waals surface area contributed by atoms with Crippen LogP contribution >= 0.6 is 0 Å². The van der Waals surface area contributed by atoms with Gasteiger partial charge in [-0.25, -0.2) is 4.68 Å². The van der Waals surface area contributed by atoms with E-state index in [1.54, 1.807) is 0 Å². The van der Waals surface area contributed by atoms with Gasteiger partial charge in [-0.2, -0.15) is 5.10 Å². The number of aromatic nitrogens is 3. The van der Waals surface area contributed by atoms with E-state index in [4.69, 9.17) is 0 Å². The molecule has 1 amide bonds. The zero-order chi connectivity index (χ0) is 22.1. The monoisotopic (exact) mass is 420 g/mol. The van der Waals surface area contributed by atoms with Gasteiger partial charge in [0.05, 0.1) is 28.3 Å². The van der Waals surface area contributed by atoms with E-state index in [0.29, 0.717) is 12.1 Å². The maximum atomic E-state index is 13.4. The fourth-order valence-electron chi connectivity index (χ4n) is 4.16. The molecule has 0 bridgehead atoms. The number of anilines is 1. The van der Waals surface area contributed by atoms with E-state index in [1.807, 2.05) is 91.5 Å². The van der Waals surface area contributed by atoms with Crippen molar-refractivity contribution < 1.29 is 4.79 Å². The molecule has 0 fully saturated rings. The molecule has 3 aromatic carbocycles. The summed E-state index contributed by atoms with van der Waals surface area (Å²) >= 11 is 0. The summed E-state index contributed by atoms with van der Waals surface area (Å²) in [6, 6.07) is 28.2. The highest BCUT2D eigenvalue weighted by Crippen LogP contribution is 2.27. The van der Waals surface area contributed by atoms with Crippen LogP contribution in [-0.4, -0.2) is 20.3 Å². The summed E-state index contributed by atoms with van der Waals surface area (Å²) in [5.41, 5.74) is 6.28. The number of aryl methyl sites for hydroxylation is 1. The predicted octanol–water partition coefficient (Wildman–Crippen LogP) is 5.74. The van der Waals surface area contributed by atoms with Crippen LogP contribution in [0.15, 0.2) is 91.1 Å². The minimum atomic E-state index is -0.133. The second-order valence-corrected chi connectivity index (χ2v) is 7.92. The number of nitrogens with one attached hydrogen (secondary N) is 1. The Balaban J connectivity index is 1.49. The largest absolute Gasteiger partial charge is 0.342 e. The molecule has 5 rings (SSSR count). The van der Waals surface area contributed by atoms with Crippen LogP contribution in [0.3, 0.4) is 0 Å². The molecule has 32 heavy (non-hydrogen) atoms. The Morgan fingerprint density at radius 3 is 2.28 bits per heavy atom. The lowest BCUT2D eigenvalue weighted by Gasteiger charge is -2.07. The maximum absolute atomic E-state index is 13.4. The molecule has 0 aliphatic carbocycles. The van der Waals surface area contributed by atoms with Crippen LogP contribution in [0.25, 0.3) is 16.6 Å². The number of hydrogen-bond acceptors (Lipinski definition) is 2. The molecule has 0 atom stereocenters. The number of carbonyl (C=O) groups is 1. The Bertz CT molecular complexity index is 1400. The number of rotatable bonds is 5. The quantitative estimate of drug-likeness (QED) is 0.394. The summed E-state index contributed by atoms with van der Waals surface area (Å²) in [5, 5.41) is 8.70. The van der Waals surface area contributed by atoms with Crippen LogP contribution in [0.1, 0.15) is 27.3 Å². The number of amides is 1. The third-order valence-electron chi connectivity index (χ3n) is 5.76. The van der Waals surface area contributed by atoms with Gasteiger partial charge in [0.2, 0.25) is 0 Å². The molecule has 5 nitrogen and oxygen atoms in total. The second kappa shape index (κ2) is 8.19. The molecule has 2 heterocycles. The molecule has 2 aromatic heterocycles. The minimum Gasteiger partial charge on any atom is -0.342 e. The van der Waals surface area contributed by atoms with E-state index in [9.17, 15) is 4.79 Å². The zero-order valence-corrected chi connectivity index (χ0v) is 18.1. The molecular formula is C27H24N4O. The lowest BCUT2D eigenvalue weighted by molar-refractivity contribution is 0.102. The Kier molecular flexibility index (Phi) is 5.07. The topological polar surface area (TPSA) is 51.9 Å². The maximum Gasteiger partial charge on any atom is 0.257 e. The second-order valence-electron chi connectivity index (χ2n) is 7.92. The zero-order valence-electron chi connectivity index (χ0n) is 18.1. The Hall–Kier alpha value is -4.12. The van der Waals surface area contributed by atoms with E-state index < -0.39 is 0 Å². The van der Waals surface area contributed by atoms with Gasteiger partial charge in [0.15, 0.2) is 0 Å². The Morgan fingerprint density at radius 2 is 1.53 bits per heavy atom. The number of nitrogens with zero attached hydrogens (tertiary/aromatic N) is 3. The normalized spacial score (nSPS) is 11.1. The van der Waals surface area contributed by atoms with E-state index >= 15 is 0 Å². The van der Waals surface area contributed by atoms with Crippen molar-refractivity contribution in [3.05, 3.63) is 114 Å². The van der Waals surface area contributed by atoms with Gasteiger partial charge in [0, 0.05) is 23.6 Å². The molecule has 0 unspecified atom stereocenters. The summed E-state index contributed by atoms with van der Waals surface area (Å²) in [5.74, 6) is -0.133. The SMILES string of the molecule is Cc1nn(-c2ccccc2)c(C)c1NC(=O)c1cn(Cc2ccccc2)c2ccccc12. The summed E-state index contributed by atoms with van der Waals surface area (Å²) < 4.78 is 4.00. The third-order valence-corrected chi connectivity index (χ3v) is 5.76. The number of para-hydroxylation sites is 2. The molecule has 1 N–H and O–H groups in total. The molecule has 5 heteroatoms. The van der Waals surface area contributed by atoms with Gasteiger partial charge in [-0.15, -0.1) is 0 Å². The highest BCUT2D eigenvalue weighted by Gasteiger charge is 2.19. The number of benzene rings is 3. The predicted molar refractivity (Wildman–Crippen MR) is 128 cm³/mol. The molecule has 0 aliphatic heterocycles. The van der Waals surface area contributed by atoms with Crippen LogP contribution in [0.5, 0.6) is 0 Å². The van der Waals surface area contributed by atoms with Crippen molar-refractivity contribution >= 4 is 22.5 Å². The molecule has 0 radical (unpaired) electrons. The molecule has 0 saturated heterocycles. The van der Waals surface area contributed by atoms with E-state index in [0.717, 1.165) is 33.7 Å². The summed E-state index contributed by atoms with van der Waals surface area (Å²) in [4.78, 5) is 13.4. The minimum absolute atomic E-state index is 0.133. The number of carbonyl (C=O) groups excluding carboxylic acids is 1. The first-order valence-corrected chi connectivity index (χ1v) is 10.7. The van der Waals surface area contributed by atoms with Gasteiger partial charge >= 0.3 is 0 Å². The number of fused-ring (bicyclic) bond motifs is 1. The fraction of sp³-hybridized carbons (Fsp3) is 0.111. The highest BCUT2D eigenvalue weighted by molar-refractivity contribution is 6.13. The van der Waals surface area contributed by atoms with Crippen LogP contribution < -0.4 is 5.32 Å². The van der Waals surface area contributed by atoms with E-state index in [2.05, 4.69) is 33.2 Å². The lowest BCUT2D eigenvalue weighted by Crippen LogP contribution is -2.13. The van der Waals surface area contributed by atoms with Crippen molar-refractivity contribution in [1.82, 2.24) is 14.3 Å². The van der Waals surface area contributed by atoms with Crippen molar-refractivity contribution in [2.75, 3.05) is 5.32 Å². The smallest absolute Gasteiger partial charge is 0.257 e.